The summed E-state index contributed by atoms with van der Waals surface area (Å²) >= 11 is 4.60. The maximum Gasteiger partial charge on any atom is 0.351 e. The van der Waals surface area contributed by atoms with Crippen LogP contribution in [0.5, 0.6) is 5.88 Å². The van der Waals surface area contributed by atoms with Crippen LogP contribution in [0.25, 0.3) is 22.1 Å². The van der Waals surface area contributed by atoms with Crippen molar-refractivity contribution in [2.24, 2.45) is 23.0 Å². The molecule has 7 rings (SSSR count). The number of para-hydroxylation sites is 1. The molecule has 0 radical (unpaired) electrons. The molecule has 2 saturated heterocycles. The van der Waals surface area contributed by atoms with Gasteiger partial charge in [-0.25, -0.2) is 19.7 Å². The highest BCUT2D eigenvalue weighted by Gasteiger charge is 2.45. The highest BCUT2D eigenvalue weighted by Crippen LogP contribution is 2.37. The van der Waals surface area contributed by atoms with E-state index in [1.165, 1.54) is 29.5 Å². The number of hydrogen-bond donors (Lipinski definition) is 10. The minimum absolute atomic E-state index is 0. The number of azo groups is 1. The first-order valence-electron chi connectivity index (χ1n) is 15.3. The fourth-order valence-corrected chi connectivity index (χ4v) is 5.49. The Labute approximate surface area is 303 Å². The zero-order valence-corrected chi connectivity index (χ0v) is 28.5. The molecular formula is C29H38N12O11S. The number of ether oxygens (including phenoxy) is 2. The zero-order valence-electron chi connectivity index (χ0n) is 27.7. The molecule has 53 heavy (non-hydrogen) atoms. The van der Waals surface area contributed by atoms with E-state index in [1.54, 1.807) is 11.6 Å². The van der Waals surface area contributed by atoms with Crippen molar-refractivity contribution in [3.05, 3.63) is 59.7 Å². The second kappa shape index (κ2) is 17.0. The number of aryl methyl sites for hydroxylation is 1. The number of aromatic hydroxyl groups is 1. The Kier molecular flexibility index (Phi) is 13.0. The van der Waals surface area contributed by atoms with E-state index in [2.05, 4.69) is 42.4 Å². The normalized spacial score (nSPS) is 25.1. The van der Waals surface area contributed by atoms with E-state index in [0.717, 1.165) is 15.5 Å². The van der Waals surface area contributed by atoms with Crippen molar-refractivity contribution in [1.82, 2.24) is 33.6 Å². The number of nitrogens with two attached hydrogens (primary N) is 3. The quantitative estimate of drug-likeness (QED) is 0.0624. The summed E-state index contributed by atoms with van der Waals surface area (Å²) in [6, 6.07) is 8.85. The van der Waals surface area contributed by atoms with Crippen LogP contribution < -0.4 is 22.9 Å². The van der Waals surface area contributed by atoms with Gasteiger partial charge in [-0.05, 0) is 24.4 Å². The molecule has 0 amide bonds. The first-order chi connectivity index (χ1) is 24.8. The molecule has 23 nitrogen and oxygen atoms in total. The Morgan fingerprint density at radius 2 is 1.53 bits per heavy atom. The van der Waals surface area contributed by atoms with E-state index in [4.69, 9.17) is 36.9 Å². The van der Waals surface area contributed by atoms with Crippen molar-refractivity contribution in [2.75, 3.05) is 24.7 Å². The molecule has 8 atom stereocenters. The number of aromatic nitrogens is 7. The van der Waals surface area contributed by atoms with E-state index in [0.29, 0.717) is 16.9 Å². The van der Waals surface area contributed by atoms with Crippen LogP contribution in [0.15, 0.2) is 64.2 Å². The summed E-state index contributed by atoms with van der Waals surface area (Å²) in [6.07, 6.45) is -4.69. The molecule has 286 valence electrons. The molecule has 15 N–H and O–H groups in total. The van der Waals surface area contributed by atoms with Gasteiger partial charge in [-0.15, -0.1) is 10.2 Å². The average molecular weight is 763 g/mol. The number of nitrogens with zero attached hydrogens (tertiary/aromatic N) is 9. The van der Waals surface area contributed by atoms with E-state index in [-0.39, 0.29) is 28.1 Å². The molecule has 24 heteroatoms. The van der Waals surface area contributed by atoms with Gasteiger partial charge in [-0.1, -0.05) is 18.2 Å². The molecule has 2 fully saturated rings. The number of imidazole rings is 1. The van der Waals surface area contributed by atoms with Crippen LogP contribution in [0.4, 0.5) is 17.3 Å². The fraction of sp³-hybridized carbons (Fsp3) is 0.379. The molecule has 6 heterocycles. The second-order valence-electron chi connectivity index (χ2n) is 11.4. The van der Waals surface area contributed by atoms with E-state index >= 15 is 0 Å². The van der Waals surface area contributed by atoms with E-state index < -0.39 is 68.0 Å². The number of aliphatic hydroxyl groups excluding tert-OH is 6. The lowest BCUT2D eigenvalue weighted by Gasteiger charge is -2.16. The molecule has 2 aliphatic heterocycles. The largest absolute Gasteiger partial charge is 0.493 e. The van der Waals surface area contributed by atoms with Crippen LogP contribution in [-0.4, -0.2) is 130 Å². The number of anilines is 2. The van der Waals surface area contributed by atoms with Crippen molar-refractivity contribution in [3.8, 4) is 5.88 Å². The highest BCUT2D eigenvalue weighted by atomic mass is 32.1. The number of hydrogen-bond acceptors (Lipinski definition) is 18. The van der Waals surface area contributed by atoms with Gasteiger partial charge in [0.25, 0.3) is 0 Å². The summed E-state index contributed by atoms with van der Waals surface area (Å²) in [6.45, 7) is -0.843. The third-order valence-corrected chi connectivity index (χ3v) is 8.20. The van der Waals surface area contributed by atoms with Crippen molar-refractivity contribution in [3.63, 3.8) is 0 Å². The van der Waals surface area contributed by atoms with E-state index in [1.807, 2.05) is 24.3 Å². The molecule has 2 aliphatic rings. The van der Waals surface area contributed by atoms with E-state index in [9.17, 15) is 30.3 Å². The third-order valence-electron chi connectivity index (χ3n) is 8.12. The van der Waals surface area contributed by atoms with Gasteiger partial charge in [0, 0.05) is 18.6 Å². The fourth-order valence-electron chi connectivity index (χ4n) is 5.45. The van der Waals surface area contributed by atoms with Crippen molar-refractivity contribution in [2.45, 2.75) is 49.1 Å². The minimum atomic E-state index is -1.31. The molecule has 1 aromatic carbocycles. The van der Waals surface area contributed by atoms with Gasteiger partial charge in [0.2, 0.25) is 11.0 Å². The molecule has 0 saturated carbocycles. The third kappa shape index (κ3) is 8.20. The van der Waals surface area contributed by atoms with Gasteiger partial charge in [0.1, 0.15) is 54.3 Å². The van der Waals surface area contributed by atoms with Gasteiger partial charge < -0.3 is 72.5 Å². The first kappa shape index (κ1) is 40.5. The number of rotatable bonds is 5. The Hall–Kier alpha value is -5.28. The first-order valence-corrected chi connectivity index (χ1v) is 15.7. The smallest absolute Gasteiger partial charge is 0.351 e. The number of benzene rings is 1. The number of fused-ring (bicyclic) bond motifs is 2. The summed E-state index contributed by atoms with van der Waals surface area (Å²) in [4.78, 5) is 26.9. The molecule has 0 unspecified atom stereocenters. The Bertz CT molecular complexity index is 2130. The number of nitrogen functional groups attached to an aromatic ring is 2. The maximum absolute atomic E-state index is 11.5. The predicted octanol–water partition coefficient (Wildman–Crippen LogP) is -3.16. The van der Waals surface area contributed by atoms with Crippen LogP contribution in [0.2, 0.25) is 0 Å². The Balaban J connectivity index is 0.000000177. The maximum atomic E-state index is 11.5. The minimum Gasteiger partial charge on any atom is -0.493 e. The van der Waals surface area contributed by atoms with Crippen LogP contribution in [0.1, 0.15) is 12.5 Å². The van der Waals surface area contributed by atoms with Crippen LogP contribution >= 0.6 is 12.2 Å². The summed E-state index contributed by atoms with van der Waals surface area (Å²) in [5.41, 5.74) is 17.6. The van der Waals surface area contributed by atoms with Gasteiger partial charge in [0.05, 0.1) is 25.1 Å². The number of thiocarbonyl (C=S) groups is 1. The van der Waals surface area contributed by atoms with Crippen molar-refractivity contribution >= 4 is 56.7 Å². The second-order valence-corrected chi connectivity index (χ2v) is 11.8. The monoisotopic (exact) mass is 762 g/mol. The van der Waals surface area contributed by atoms with Crippen LogP contribution in [0.3, 0.4) is 0 Å². The SMILES string of the molecule is Cn1c(O)c(N=NC(N)=S)c2ccccc21.Nc1ccn([C@@H]2O[C@H](CO)[C@@H](O)[C@@H]2O)c(=O)n1.Nc1ncnc2c1ncn2[C@@H]1O[C@H](CO)[C@@H](O)[C@@H]1O.O. The van der Waals surface area contributed by atoms with Gasteiger partial charge in [-0.3, -0.25) is 9.13 Å². The predicted molar refractivity (Wildman–Crippen MR) is 188 cm³/mol. The number of aliphatic hydroxyl groups is 6. The lowest BCUT2D eigenvalue weighted by Crippen LogP contribution is -2.36. The summed E-state index contributed by atoms with van der Waals surface area (Å²) in [5, 5.41) is 74.9. The van der Waals surface area contributed by atoms with Gasteiger partial charge in [0.15, 0.2) is 29.6 Å². The van der Waals surface area contributed by atoms with Gasteiger partial charge >= 0.3 is 5.69 Å². The molecule has 5 aromatic rings. The molecular weight excluding hydrogens is 724 g/mol. The average Bonchev–Trinajstić information content (AvgIpc) is 3.83. The highest BCUT2D eigenvalue weighted by molar-refractivity contribution is 7.80. The summed E-state index contributed by atoms with van der Waals surface area (Å²) in [5.74, 6) is 0.315. The Morgan fingerprint density at radius 1 is 0.925 bits per heavy atom. The summed E-state index contributed by atoms with van der Waals surface area (Å²) in [7, 11) is 1.75. The molecule has 0 aliphatic carbocycles. The molecule has 0 bridgehead atoms. The van der Waals surface area contributed by atoms with Crippen LogP contribution in [-0.2, 0) is 16.5 Å². The zero-order chi connectivity index (χ0) is 37.9. The Morgan fingerprint density at radius 3 is 2.09 bits per heavy atom. The topological polar surface area (TPSA) is 378 Å². The van der Waals surface area contributed by atoms with Gasteiger partial charge in [-0.2, -0.15) is 4.98 Å². The lowest BCUT2D eigenvalue weighted by molar-refractivity contribution is -0.0549. The van der Waals surface area contributed by atoms with Crippen molar-refractivity contribution in [1.29, 1.82) is 0 Å². The van der Waals surface area contributed by atoms with Crippen molar-refractivity contribution < 1.29 is 50.7 Å². The summed E-state index contributed by atoms with van der Waals surface area (Å²) < 4.78 is 14.7. The standard InChI is InChI=1S/C10H13N5O4.C10H10N4OS.C9H13N3O5.H2O/c11-8-5-9(13-2-12-8)15(3-14-5)10-7(18)6(17)4(1-16)19-10;1-14-7-5-3-2-4-6(7)8(9(14)15)12-13-10(11)16;10-5-1-2-12(9(16)11-5)8-7(15)6(14)4(3-13)17-8;/h2-4,6-7,10,16-18H,1H2,(H2,11,12,13);2-5,15H,1H3,(H2,11,16);1-2,4,6-8,13-15H,3H2,(H2,10,11,16);1H2/t4-,6-,7+,10-;;4-,6-,7+,8-;/m1.1./s1. The molecule has 0 spiro atoms. The molecule has 4 aromatic heterocycles. The lowest BCUT2D eigenvalue weighted by atomic mass is 10.1. The van der Waals surface area contributed by atoms with Crippen LogP contribution in [0, 0.1) is 0 Å².